The second-order valence-corrected chi connectivity index (χ2v) is 12.8. The highest BCUT2D eigenvalue weighted by molar-refractivity contribution is 7.10. The van der Waals surface area contributed by atoms with Crippen LogP contribution in [0.3, 0.4) is 0 Å². The molecule has 3 saturated carbocycles. The van der Waals surface area contributed by atoms with Gasteiger partial charge in [0.1, 0.15) is 18.9 Å². The van der Waals surface area contributed by atoms with Gasteiger partial charge in [-0.15, -0.1) is 0 Å². The van der Waals surface area contributed by atoms with Crippen molar-refractivity contribution in [2.45, 2.75) is 36.9 Å². The van der Waals surface area contributed by atoms with E-state index >= 15 is 0 Å². The number of benzene rings is 4. The topological polar surface area (TPSA) is 18.5 Å². The molecule has 3 aliphatic rings. The lowest BCUT2D eigenvalue weighted by Gasteiger charge is -2.43. The van der Waals surface area contributed by atoms with Crippen LogP contribution in [-0.4, -0.2) is 0 Å². The fraction of sp³-hybridized carbons (Fsp3) is 0.333. The van der Waals surface area contributed by atoms with Gasteiger partial charge in [-0.2, -0.15) is 0 Å². The summed E-state index contributed by atoms with van der Waals surface area (Å²) in [7, 11) is 3.37. The third-order valence-corrected chi connectivity index (χ3v) is 11.7. The van der Waals surface area contributed by atoms with Crippen molar-refractivity contribution in [3.8, 4) is 0 Å². The fourth-order valence-corrected chi connectivity index (χ4v) is 10.5. The van der Waals surface area contributed by atoms with E-state index in [4.69, 9.17) is 9.05 Å². The van der Waals surface area contributed by atoms with E-state index < -0.39 is 11.2 Å². The first-order valence-electron chi connectivity index (χ1n) is 14.8. The second-order valence-electron chi connectivity index (χ2n) is 12.2. The van der Waals surface area contributed by atoms with Crippen LogP contribution in [0, 0.1) is 35.5 Å². The molecule has 0 radical (unpaired) electrons. The first-order valence-corrected chi connectivity index (χ1v) is 16.0. The van der Waals surface area contributed by atoms with Crippen molar-refractivity contribution in [2.24, 2.45) is 35.5 Å². The molecule has 2 bridgehead atoms. The van der Waals surface area contributed by atoms with E-state index in [1.165, 1.54) is 47.9 Å². The summed E-state index contributed by atoms with van der Waals surface area (Å²) in [6.45, 7) is 0. The molecule has 0 saturated heterocycles. The number of rotatable bonds is 8. The Bertz CT molecular complexity index is 1330. The van der Waals surface area contributed by atoms with Gasteiger partial charge in [0.05, 0.1) is 0 Å². The molecule has 40 heavy (non-hydrogen) atoms. The van der Waals surface area contributed by atoms with Gasteiger partial charge in [-0.3, -0.25) is 0 Å². The molecule has 0 aromatic heterocycles. The van der Waals surface area contributed by atoms with Gasteiger partial charge in [0.25, 0.3) is 0 Å². The van der Waals surface area contributed by atoms with Crippen LogP contribution in [0.5, 0.6) is 0 Å². The Morgan fingerprint density at radius 2 is 0.850 bits per heavy atom. The molecule has 0 amide bonds. The Morgan fingerprint density at radius 1 is 0.450 bits per heavy atom. The van der Waals surface area contributed by atoms with Crippen molar-refractivity contribution in [1.82, 2.24) is 0 Å². The Kier molecular flexibility index (Phi) is 7.18. The van der Waals surface area contributed by atoms with Crippen LogP contribution < -0.4 is 0 Å². The van der Waals surface area contributed by atoms with Gasteiger partial charge in [-0.1, -0.05) is 121 Å². The fourth-order valence-electron chi connectivity index (χ4n) is 9.40. The summed E-state index contributed by atoms with van der Waals surface area (Å²) in [6.07, 6.45) is 5.01. The second kappa shape index (κ2) is 10.8. The van der Waals surface area contributed by atoms with Crippen molar-refractivity contribution >= 4 is 18.9 Å². The maximum Gasteiger partial charge on any atom is 0.164 e. The zero-order valence-corrected chi connectivity index (χ0v) is 25.9. The molecular formula is C36H40O2P2+2. The van der Waals surface area contributed by atoms with Crippen LogP contribution in [0.1, 0.15) is 47.9 Å². The van der Waals surface area contributed by atoms with E-state index in [2.05, 4.69) is 121 Å². The summed E-state index contributed by atoms with van der Waals surface area (Å²) in [5.41, 5.74) is 4.32. The minimum Gasteiger partial charge on any atom is -0.230 e. The minimum absolute atomic E-state index is 0.415. The lowest BCUT2D eigenvalue weighted by atomic mass is 9.64. The van der Waals surface area contributed by atoms with Gasteiger partial charge in [0.15, 0.2) is 11.2 Å². The smallest absolute Gasteiger partial charge is 0.164 e. The molecule has 2 nitrogen and oxygen atoms in total. The van der Waals surface area contributed by atoms with Gasteiger partial charge in [-0.05, 0) is 71.6 Å². The van der Waals surface area contributed by atoms with E-state index in [1.54, 1.807) is 18.9 Å². The molecule has 2 unspecified atom stereocenters. The first kappa shape index (κ1) is 26.6. The van der Waals surface area contributed by atoms with Crippen molar-refractivity contribution in [3.63, 3.8) is 0 Å². The molecule has 0 heterocycles. The van der Waals surface area contributed by atoms with Crippen LogP contribution in [-0.2, 0) is 20.2 Å². The Balaban J connectivity index is 1.28. The molecule has 7 rings (SSSR count). The van der Waals surface area contributed by atoms with Crippen LogP contribution in [0.25, 0.3) is 0 Å². The molecule has 0 N–H and O–H groups in total. The van der Waals surface area contributed by atoms with Crippen molar-refractivity contribution < 1.29 is 9.05 Å². The SMILES string of the molecule is [PH3+]OC(c1ccccc1)(c1ccccc1)[C@H]1C[C@H]2[C@H]3C[C@H](C[C@@H]3C(O[PH3+])(c3ccccc3)c3ccccc3)[C@@H]2C1. The van der Waals surface area contributed by atoms with E-state index in [1.807, 2.05) is 0 Å². The lowest BCUT2D eigenvalue weighted by molar-refractivity contribution is 0.00612. The third kappa shape index (κ3) is 3.99. The van der Waals surface area contributed by atoms with Crippen LogP contribution in [0.4, 0.5) is 0 Å². The highest BCUT2D eigenvalue weighted by Crippen LogP contribution is 2.69. The Hall–Kier alpha value is -2.34. The number of hydrogen-bond donors (Lipinski definition) is 0. The highest BCUT2D eigenvalue weighted by atomic mass is 31.0. The van der Waals surface area contributed by atoms with Crippen LogP contribution in [0.2, 0.25) is 0 Å². The van der Waals surface area contributed by atoms with Gasteiger partial charge < -0.3 is 0 Å². The maximum absolute atomic E-state index is 6.75. The van der Waals surface area contributed by atoms with Crippen LogP contribution in [0.15, 0.2) is 121 Å². The number of fused-ring (bicyclic) bond motifs is 5. The molecule has 8 atom stereocenters. The largest absolute Gasteiger partial charge is 0.230 e. The molecule has 0 spiro atoms. The number of hydrogen-bond acceptors (Lipinski definition) is 2. The van der Waals surface area contributed by atoms with E-state index in [0.29, 0.717) is 23.7 Å². The zero-order valence-electron chi connectivity index (χ0n) is 23.1. The summed E-state index contributed by atoms with van der Waals surface area (Å²) in [4.78, 5) is 0. The van der Waals surface area contributed by atoms with E-state index in [-0.39, 0.29) is 0 Å². The van der Waals surface area contributed by atoms with E-state index in [9.17, 15) is 0 Å². The molecule has 0 aliphatic heterocycles. The van der Waals surface area contributed by atoms with Gasteiger partial charge in [0.2, 0.25) is 0 Å². The first-order chi connectivity index (χ1) is 19.7. The Morgan fingerprint density at radius 3 is 1.27 bits per heavy atom. The molecular weight excluding hydrogens is 526 g/mol. The van der Waals surface area contributed by atoms with Crippen molar-refractivity contribution in [1.29, 1.82) is 0 Å². The predicted octanol–water partition coefficient (Wildman–Crippen LogP) is 8.25. The van der Waals surface area contributed by atoms with Gasteiger partial charge >= 0.3 is 0 Å². The standard InChI is InChI=1S/C36H40O2P2/c39-37-35(26-13-5-1-6-14-26,27-15-7-2-8-16-27)30-23-31-25-21-33(32(31)24-30)34(22-25)36(38-40,28-17-9-3-10-18-28)29-19-11-4-12-20-29/h1-20,25,30-34H,21-24H2,39-40H3/q+2/t25-,30-,31+,32-,33-,34+/m1/s1. The average molecular weight is 567 g/mol. The monoisotopic (exact) mass is 566 g/mol. The lowest BCUT2D eigenvalue weighted by Crippen LogP contribution is -2.43. The highest BCUT2D eigenvalue weighted by Gasteiger charge is 2.64. The molecule has 4 aromatic rings. The van der Waals surface area contributed by atoms with Crippen molar-refractivity contribution in [2.75, 3.05) is 0 Å². The average Bonchev–Trinajstić information content (AvgIpc) is 3.75. The molecule has 3 aliphatic carbocycles. The van der Waals surface area contributed by atoms with Gasteiger partial charge in [0, 0.05) is 11.8 Å². The zero-order chi connectivity index (χ0) is 27.2. The minimum atomic E-state index is -0.418. The summed E-state index contributed by atoms with van der Waals surface area (Å²) < 4.78 is 13.5. The quantitative estimate of drug-likeness (QED) is 0.200. The predicted molar refractivity (Wildman–Crippen MR) is 171 cm³/mol. The summed E-state index contributed by atoms with van der Waals surface area (Å²) >= 11 is 0. The molecule has 3 fully saturated rings. The normalized spacial score (nSPS) is 27.7. The Labute approximate surface area is 243 Å². The summed E-state index contributed by atoms with van der Waals surface area (Å²) in [5.74, 6) is 3.77. The van der Waals surface area contributed by atoms with Gasteiger partial charge in [-0.25, -0.2) is 9.05 Å². The maximum atomic E-state index is 6.75. The molecule has 204 valence electrons. The van der Waals surface area contributed by atoms with Crippen molar-refractivity contribution in [3.05, 3.63) is 144 Å². The van der Waals surface area contributed by atoms with E-state index in [0.717, 1.165) is 11.8 Å². The summed E-state index contributed by atoms with van der Waals surface area (Å²) in [6, 6.07) is 44.0. The third-order valence-electron chi connectivity index (χ3n) is 10.8. The summed E-state index contributed by atoms with van der Waals surface area (Å²) in [5, 5.41) is 0. The molecule has 4 aromatic carbocycles. The van der Waals surface area contributed by atoms with Crippen LogP contribution >= 0.6 is 18.9 Å². The molecule has 4 heteroatoms.